The lowest BCUT2D eigenvalue weighted by Crippen LogP contribution is -2.40. The minimum atomic E-state index is 0.253. The van der Waals surface area contributed by atoms with E-state index in [0.717, 1.165) is 42.9 Å². The number of nitriles is 1. The molecular formula is C18H18N6. The summed E-state index contributed by atoms with van der Waals surface area (Å²) in [5, 5.41) is 9.47. The van der Waals surface area contributed by atoms with Gasteiger partial charge in [0, 0.05) is 25.3 Å². The second-order valence-electron chi connectivity index (χ2n) is 6.05. The highest BCUT2D eigenvalue weighted by Gasteiger charge is 2.24. The van der Waals surface area contributed by atoms with Gasteiger partial charge in [0.05, 0.1) is 16.6 Å². The number of rotatable bonds is 2. The average molecular weight is 318 g/mol. The number of imidazole rings is 1. The number of para-hydroxylation sites is 2. The number of nitrogens with zero attached hydrogens (tertiary/aromatic N) is 5. The first-order valence-electron chi connectivity index (χ1n) is 8.11. The lowest BCUT2D eigenvalue weighted by Gasteiger charge is -2.31. The topological polar surface area (TPSA) is 83.8 Å². The predicted molar refractivity (Wildman–Crippen MR) is 93.0 cm³/mol. The minimum absolute atomic E-state index is 0.253. The maximum absolute atomic E-state index is 9.47. The molecule has 2 aromatic heterocycles. The molecule has 0 aliphatic carbocycles. The van der Waals surface area contributed by atoms with E-state index in [1.165, 1.54) is 0 Å². The minimum Gasteiger partial charge on any atom is -0.342 e. The van der Waals surface area contributed by atoms with E-state index in [0.29, 0.717) is 11.4 Å². The van der Waals surface area contributed by atoms with Gasteiger partial charge in [-0.1, -0.05) is 12.1 Å². The van der Waals surface area contributed by atoms with E-state index in [-0.39, 0.29) is 6.04 Å². The van der Waals surface area contributed by atoms with Crippen LogP contribution in [0.15, 0.2) is 42.6 Å². The van der Waals surface area contributed by atoms with Crippen LogP contribution in [0.25, 0.3) is 16.9 Å². The summed E-state index contributed by atoms with van der Waals surface area (Å²) in [4.78, 5) is 11.5. The summed E-state index contributed by atoms with van der Waals surface area (Å²) in [7, 11) is 0. The molecule has 0 radical (unpaired) electrons. The monoisotopic (exact) mass is 318 g/mol. The molecule has 0 unspecified atom stereocenters. The molecule has 4 rings (SSSR count). The molecule has 0 saturated carbocycles. The van der Waals surface area contributed by atoms with Crippen LogP contribution in [0.2, 0.25) is 0 Å². The molecule has 24 heavy (non-hydrogen) atoms. The molecule has 3 heterocycles. The van der Waals surface area contributed by atoms with Crippen molar-refractivity contribution in [1.29, 1.82) is 5.26 Å². The number of hydrogen-bond donors (Lipinski definition) is 1. The van der Waals surface area contributed by atoms with Crippen molar-refractivity contribution in [3.63, 3.8) is 0 Å². The molecule has 0 bridgehead atoms. The van der Waals surface area contributed by atoms with Crippen LogP contribution in [-0.2, 0) is 0 Å². The Hall–Kier alpha value is -2.91. The third-order valence-electron chi connectivity index (χ3n) is 4.48. The molecule has 1 fully saturated rings. The van der Waals surface area contributed by atoms with Crippen molar-refractivity contribution in [3.8, 4) is 11.9 Å². The maximum atomic E-state index is 9.47. The fraction of sp³-hybridized carbons (Fsp3) is 0.278. The Kier molecular flexibility index (Phi) is 3.63. The molecule has 1 aliphatic rings. The first-order chi connectivity index (χ1) is 11.8. The van der Waals surface area contributed by atoms with Crippen molar-refractivity contribution in [1.82, 2.24) is 14.5 Å². The quantitative estimate of drug-likeness (QED) is 0.783. The lowest BCUT2D eigenvalue weighted by atomic mass is 10.1. The van der Waals surface area contributed by atoms with Crippen molar-refractivity contribution >= 4 is 17.0 Å². The largest absolute Gasteiger partial charge is 0.342 e. The fourth-order valence-electron chi connectivity index (χ4n) is 3.20. The summed E-state index contributed by atoms with van der Waals surface area (Å²) in [6.45, 7) is 1.72. The first-order valence-corrected chi connectivity index (χ1v) is 8.11. The SMILES string of the molecule is N#Cc1cccnc1-n1c(N2CCC(N)CC2)nc2ccccc21. The van der Waals surface area contributed by atoms with Crippen molar-refractivity contribution in [3.05, 3.63) is 48.2 Å². The van der Waals surface area contributed by atoms with Crippen LogP contribution in [-0.4, -0.2) is 33.7 Å². The van der Waals surface area contributed by atoms with Crippen LogP contribution < -0.4 is 10.6 Å². The van der Waals surface area contributed by atoms with Gasteiger partial charge in [-0.25, -0.2) is 9.97 Å². The number of fused-ring (bicyclic) bond motifs is 1. The molecule has 1 aromatic carbocycles. The third kappa shape index (κ3) is 2.39. The second-order valence-corrected chi connectivity index (χ2v) is 6.05. The van der Waals surface area contributed by atoms with Crippen molar-refractivity contribution in [2.45, 2.75) is 18.9 Å². The Morgan fingerprint density at radius 3 is 2.71 bits per heavy atom. The van der Waals surface area contributed by atoms with Crippen molar-refractivity contribution < 1.29 is 0 Å². The molecule has 0 amide bonds. The zero-order valence-electron chi connectivity index (χ0n) is 13.3. The van der Waals surface area contributed by atoms with Crippen LogP contribution >= 0.6 is 0 Å². The smallest absolute Gasteiger partial charge is 0.212 e. The average Bonchev–Trinajstić information content (AvgIpc) is 3.01. The van der Waals surface area contributed by atoms with E-state index in [1.54, 1.807) is 18.3 Å². The zero-order chi connectivity index (χ0) is 16.5. The van der Waals surface area contributed by atoms with Gasteiger partial charge in [-0.15, -0.1) is 0 Å². The number of anilines is 1. The number of pyridine rings is 1. The lowest BCUT2D eigenvalue weighted by molar-refractivity contribution is 0.494. The van der Waals surface area contributed by atoms with Crippen molar-refractivity contribution in [2.75, 3.05) is 18.0 Å². The fourth-order valence-corrected chi connectivity index (χ4v) is 3.20. The first kappa shape index (κ1) is 14.7. The maximum Gasteiger partial charge on any atom is 0.212 e. The van der Waals surface area contributed by atoms with Gasteiger partial charge in [-0.2, -0.15) is 5.26 Å². The van der Waals surface area contributed by atoms with Gasteiger partial charge in [-0.05, 0) is 37.1 Å². The van der Waals surface area contributed by atoms with Crippen LogP contribution in [0.5, 0.6) is 0 Å². The number of nitrogens with two attached hydrogens (primary N) is 1. The summed E-state index contributed by atoms with van der Waals surface area (Å²) >= 11 is 0. The zero-order valence-corrected chi connectivity index (χ0v) is 13.3. The number of benzene rings is 1. The molecular weight excluding hydrogens is 300 g/mol. The van der Waals surface area contributed by atoms with Crippen LogP contribution in [0.1, 0.15) is 18.4 Å². The Morgan fingerprint density at radius 2 is 1.92 bits per heavy atom. The van der Waals surface area contributed by atoms with Crippen molar-refractivity contribution in [2.24, 2.45) is 5.73 Å². The molecule has 2 N–H and O–H groups in total. The molecule has 6 nitrogen and oxygen atoms in total. The Balaban J connectivity index is 1.93. The number of hydrogen-bond acceptors (Lipinski definition) is 5. The summed E-state index contributed by atoms with van der Waals surface area (Å²) < 4.78 is 1.99. The van der Waals surface area contributed by atoms with Gasteiger partial charge in [0.1, 0.15) is 6.07 Å². The summed E-state index contributed by atoms with van der Waals surface area (Å²) in [5.74, 6) is 1.46. The van der Waals surface area contributed by atoms with Crippen LogP contribution in [0, 0.1) is 11.3 Å². The molecule has 6 heteroatoms. The van der Waals surface area contributed by atoms with Gasteiger partial charge in [0.25, 0.3) is 0 Å². The molecule has 0 spiro atoms. The highest BCUT2D eigenvalue weighted by atomic mass is 15.3. The van der Waals surface area contributed by atoms with Gasteiger partial charge >= 0.3 is 0 Å². The second kappa shape index (κ2) is 5.95. The van der Waals surface area contributed by atoms with Crippen LogP contribution in [0.3, 0.4) is 0 Å². The summed E-state index contributed by atoms with van der Waals surface area (Å²) in [6, 6.07) is 14.0. The standard InChI is InChI=1S/C18H18N6/c19-12-13-4-3-9-21-17(13)24-16-6-2-1-5-15(16)22-18(24)23-10-7-14(20)8-11-23/h1-6,9,14H,7-8,10-11,20H2. The summed E-state index contributed by atoms with van der Waals surface area (Å²) in [5.41, 5.74) is 8.43. The Bertz CT molecular complexity index is 915. The normalized spacial score (nSPS) is 15.6. The number of piperidine rings is 1. The molecule has 1 saturated heterocycles. The van der Waals surface area contributed by atoms with Gasteiger partial charge in [0.2, 0.25) is 5.95 Å². The van der Waals surface area contributed by atoms with E-state index in [4.69, 9.17) is 10.7 Å². The third-order valence-corrected chi connectivity index (χ3v) is 4.48. The van der Waals surface area contributed by atoms with E-state index >= 15 is 0 Å². The number of aromatic nitrogens is 3. The van der Waals surface area contributed by atoms with Gasteiger partial charge in [0.15, 0.2) is 5.82 Å². The predicted octanol–water partition coefficient (Wildman–Crippen LogP) is 2.22. The van der Waals surface area contributed by atoms with E-state index in [1.807, 2.05) is 28.8 Å². The molecule has 120 valence electrons. The molecule has 1 aliphatic heterocycles. The highest BCUT2D eigenvalue weighted by molar-refractivity contribution is 5.81. The Morgan fingerprint density at radius 1 is 1.12 bits per heavy atom. The van der Waals surface area contributed by atoms with Gasteiger partial charge < -0.3 is 10.6 Å². The molecule has 0 atom stereocenters. The van der Waals surface area contributed by atoms with Gasteiger partial charge in [-0.3, -0.25) is 4.57 Å². The summed E-state index contributed by atoms with van der Waals surface area (Å²) in [6.07, 6.45) is 3.59. The van der Waals surface area contributed by atoms with E-state index < -0.39 is 0 Å². The highest BCUT2D eigenvalue weighted by Crippen LogP contribution is 2.29. The van der Waals surface area contributed by atoms with E-state index in [2.05, 4.69) is 16.0 Å². The van der Waals surface area contributed by atoms with E-state index in [9.17, 15) is 5.26 Å². The Labute approximate surface area is 140 Å². The molecule has 3 aromatic rings. The van der Waals surface area contributed by atoms with Crippen LogP contribution in [0.4, 0.5) is 5.95 Å².